The third-order valence-electron chi connectivity index (χ3n) is 4.64. The minimum atomic E-state index is -0.339. The Hall–Kier alpha value is -2.32. The zero-order valence-electron chi connectivity index (χ0n) is 14.7. The summed E-state index contributed by atoms with van der Waals surface area (Å²) >= 11 is 0. The molecule has 1 amide bonds. The quantitative estimate of drug-likeness (QED) is 0.736. The molecule has 1 saturated carbocycles. The number of hydrogen-bond donors (Lipinski definition) is 2. The molecule has 1 aliphatic carbocycles. The molecule has 3 rings (SSSR count). The number of amides is 1. The molecule has 140 valence electrons. The molecule has 8 heteroatoms. The van der Waals surface area contributed by atoms with E-state index < -0.39 is 0 Å². The molecule has 1 fully saturated rings. The average Bonchev–Trinajstić information content (AvgIpc) is 2.98. The van der Waals surface area contributed by atoms with Gasteiger partial charge in [0.05, 0.1) is 13.0 Å². The summed E-state index contributed by atoms with van der Waals surface area (Å²) in [6.45, 7) is 0.928. The number of nitrogens with zero attached hydrogens (tertiary/aromatic N) is 3. The normalized spacial score (nSPS) is 19.2. The van der Waals surface area contributed by atoms with Crippen molar-refractivity contribution in [1.29, 1.82) is 0 Å². The molecular weight excluding hydrogens is 339 g/mol. The summed E-state index contributed by atoms with van der Waals surface area (Å²) in [5.41, 5.74) is 0.658. The number of ether oxygens (including phenoxy) is 1. The minimum Gasteiger partial charge on any atom is -0.388 e. The van der Waals surface area contributed by atoms with E-state index in [2.05, 4.69) is 15.5 Å². The van der Waals surface area contributed by atoms with Crippen LogP contribution in [0.1, 0.15) is 36.0 Å². The van der Waals surface area contributed by atoms with E-state index in [4.69, 9.17) is 4.74 Å². The van der Waals surface area contributed by atoms with Crippen molar-refractivity contribution in [2.45, 2.75) is 44.4 Å². The predicted octanol–water partition coefficient (Wildman–Crippen LogP) is 1.16. The number of rotatable bonds is 8. The van der Waals surface area contributed by atoms with Crippen LogP contribution in [0.4, 0.5) is 4.39 Å². The molecule has 0 spiro atoms. The molecule has 0 atom stereocenters. The first kappa shape index (κ1) is 18.5. The van der Waals surface area contributed by atoms with Crippen LogP contribution < -0.4 is 5.32 Å². The highest BCUT2D eigenvalue weighted by atomic mass is 19.1. The van der Waals surface area contributed by atoms with Gasteiger partial charge in [-0.2, -0.15) is 0 Å². The zero-order valence-corrected chi connectivity index (χ0v) is 14.7. The molecule has 0 saturated heterocycles. The maximum absolute atomic E-state index is 13.2. The van der Waals surface area contributed by atoms with Crippen molar-refractivity contribution >= 4 is 5.91 Å². The van der Waals surface area contributed by atoms with Gasteiger partial charge in [0.1, 0.15) is 18.2 Å². The summed E-state index contributed by atoms with van der Waals surface area (Å²) in [6, 6.07) is 6.14. The second-order valence-corrected chi connectivity index (χ2v) is 6.52. The Morgan fingerprint density at radius 2 is 2.23 bits per heavy atom. The summed E-state index contributed by atoms with van der Waals surface area (Å²) in [5, 5.41) is 20.6. The Kier molecular flexibility index (Phi) is 5.95. The van der Waals surface area contributed by atoms with Gasteiger partial charge >= 0.3 is 0 Å². The van der Waals surface area contributed by atoms with Crippen molar-refractivity contribution in [2.24, 2.45) is 0 Å². The highest BCUT2D eigenvalue weighted by molar-refractivity contribution is 5.79. The van der Waals surface area contributed by atoms with Crippen LogP contribution in [0.3, 0.4) is 0 Å². The summed E-state index contributed by atoms with van der Waals surface area (Å²) in [6.07, 6.45) is 1.70. The van der Waals surface area contributed by atoms with E-state index in [9.17, 15) is 14.3 Å². The van der Waals surface area contributed by atoms with Crippen molar-refractivity contribution in [2.75, 3.05) is 13.7 Å². The molecule has 2 N–H and O–H groups in total. The van der Waals surface area contributed by atoms with E-state index >= 15 is 0 Å². The van der Waals surface area contributed by atoms with Gasteiger partial charge in [-0.3, -0.25) is 4.79 Å². The maximum Gasteiger partial charge on any atom is 0.224 e. The number of methoxy groups -OCH3 is 1. The summed E-state index contributed by atoms with van der Waals surface area (Å²) in [4.78, 5) is 12.1. The van der Waals surface area contributed by atoms with E-state index in [1.807, 2.05) is 4.57 Å². The van der Waals surface area contributed by atoms with Gasteiger partial charge in [-0.1, -0.05) is 12.1 Å². The third kappa shape index (κ3) is 4.25. The standard InChI is InChI=1S/C18H23FN4O3/c1-26-6-5-23-16(11-24)21-22-18(23)13-9-15(10-13)20-17(25)8-12-3-2-4-14(19)7-12/h2-4,7,13,15,24H,5-6,8-11H2,1H3,(H,20,25). The second kappa shape index (κ2) is 8.37. The van der Waals surface area contributed by atoms with Gasteiger partial charge < -0.3 is 19.7 Å². The van der Waals surface area contributed by atoms with Crippen LogP contribution in [0.5, 0.6) is 0 Å². The topological polar surface area (TPSA) is 89.3 Å². The number of aliphatic hydroxyl groups excluding tert-OH is 1. The maximum atomic E-state index is 13.2. The number of hydrogen-bond acceptors (Lipinski definition) is 5. The molecule has 1 aromatic carbocycles. The molecule has 7 nitrogen and oxygen atoms in total. The SMILES string of the molecule is COCCn1c(CO)nnc1C1CC(NC(=O)Cc2cccc(F)c2)C1. The molecule has 0 bridgehead atoms. The largest absolute Gasteiger partial charge is 0.388 e. The van der Waals surface area contributed by atoms with Crippen molar-refractivity contribution in [3.05, 3.63) is 47.3 Å². The number of aromatic nitrogens is 3. The van der Waals surface area contributed by atoms with Gasteiger partial charge in [0.25, 0.3) is 0 Å². The van der Waals surface area contributed by atoms with E-state index in [-0.39, 0.29) is 36.7 Å². The zero-order chi connectivity index (χ0) is 18.5. The molecule has 0 aliphatic heterocycles. The van der Waals surface area contributed by atoms with Gasteiger partial charge in [-0.05, 0) is 30.5 Å². The van der Waals surface area contributed by atoms with Gasteiger partial charge in [0.2, 0.25) is 5.91 Å². The Morgan fingerprint density at radius 1 is 1.42 bits per heavy atom. The van der Waals surface area contributed by atoms with Crippen molar-refractivity contribution in [3.8, 4) is 0 Å². The van der Waals surface area contributed by atoms with Crippen LogP contribution in [0, 0.1) is 5.82 Å². The molecule has 2 aromatic rings. The van der Waals surface area contributed by atoms with E-state index in [1.54, 1.807) is 19.2 Å². The number of aliphatic hydroxyl groups is 1. The van der Waals surface area contributed by atoms with Crippen LogP contribution >= 0.6 is 0 Å². The Balaban J connectivity index is 1.52. The molecule has 1 heterocycles. The Morgan fingerprint density at radius 3 is 2.92 bits per heavy atom. The summed E-state index contributed by atoms with van der Waals surface area (Å²) in [5.74, 6) is 1.08. The number of benzene rings is 1. The Labute approximate surface area is 151 Å². The first-order chi connectivity index (χ1) is 12.6. The third-order valence-corrected chi connectivity index (χ3v) is 4.64. The lowest BCUT2D eigenvalue weighted by molar-refractivity contribution is -0.121. The number of carbonyl (C=O) groups is 1. The fraction of sp³-hybridized carbons (Fsp3) is 0.500. The highest BCUT2D eigenvalue weighted by Gasteiger charge is 2.35. The molecule has 0 radical (unpaired) electrons. The van der Waals surface area contributed by atoms with Crippen LogP contribution in [0.25, 0.3) is 0 Å². The lowest BCUT2D eigenvalue weighted by atomic mass is 9.79. The van der Waals surface area contributed by atoms with Gasteiger partial charge in [-0.15, -0.1) is 10.2 Å². The van der Waals surface area contributed by atoms with E-state index in [1.165, 1.54) is 12.1 Å². The number of halogens is 1. The van der Waals surface area contributed by atoms with Gasteiger partial charge in [-0.25, -0.2) is 4.39 Å². The predicted molar refractivity (Wildman–Crippen MR) is 91.8 cm³/mol. The Bertz CT molecular complexity index is 759. The second-order valence-electron chi connectivity index (χ2n) is 6.52. The van der Waals surface area contributed by atoms with Crippen molar-refractivity contribution in [1.82, 2.24) is 20.1 Å². The number of nitrogens with one attached hydrogen (secondary N) is 1. The van der Waals surface area contributed by atoms with E-state index in [0.717, 1.165) is 18.7 Å². The molecule has 26 heavy (non-hydrogen) atoms. The van der Waals surface area contributed by atoms with Crippen LogP contribution in [0.2, 0.25) is 0 Å². The lowest BCUT2D eigenvalue weighted by Gasteiger charge is -2.35. The molecular formula is C18H23FN4O3. The average molecular weight is 362 g/mol. The first-order valence-electron chi connectivity index (χ1n) is 8.66. The van der Waals surface area contributed by atoms with E-state index in [0.29, 0.717) is 24.5 Å². The fourth-order valence-corrected chi connectivity index (χ4v) is 3.25. The summed E-state index contributed by atoms with van der Waals surface area (Å²) < 4.78 is 20.2. The molecule has 1 aliphatic rings. The minimum absolute atomic E-state index is 0.0752. The fourth-order valence-electron chi connectivity index (χ4n) is 3.25. The first-order valence-corrected chi connectivity index (χ1v) is 8.66. The van der Waals surface area contributed by atoms with Crippen molar-refractivity contribution in [3.63, 3.8) is 0 Å². The highest BCUT2D eigenvalue weighted by Crippen LogP contribution is 2.36. The number of carbonyl (C=O) groups excluding carboxylic acids is 1. The van der Waals surface area contributed by atoms with Crippen molar-refractivity contribution < 1.29 is 19.0 Å². The van der Waals surface area contributed by atoms with Gasteiger partial charge in [0, 0.05) is 25.6 Å². The molecule has 0 unspecified atom stereocenters. The van der Waals surface area contributed by atoms with Crippen LogP contribution in [0.15, 0.2) is 24.3 Å². The van der Waals surface area contributed by atoms with Gasteiger partial charge in [0.15, 0.2) is 5.82 Å². The summed E-state index contributed by atoms with van der Waals surface area (Å²) in [7, 11) is 1.62. The lowest BCUT2D eigenvalue weighted by Crippen LogP contribution is -2.44. The monoisotopic (exact) mass is 362 g/mol. The van der Waals surface area contributed by atoms with Crippen LogP contribution in [-0.2, 0) is 29.1 Å². The smallest absolute Gasteiger partial charge is 0.224 e. The van der Waals surface area contributed by atoms with Crippen LogP contribution in [-0.4, -0.2) is 45.5 Å². The molecule has 1 aromatic heterocycles.